The smallest absolute Gasteiger partial charge is 0.255 e. The molecule has 0 fully saturated rings. The highest BCUT2D eigenvalue weighted by atomic mass is 16.5. The van der Waals surface area contributed by atoms with Gasteiger partial charge >= 0.3 is 0 Å². The van der Waals surface area contributed by atoms with Crippen LogP contribution in [0, 0.1) is 0 Å². The van der Waals surface area contributed by atoms with Crippen molar-refractivity contribution in [3.8, 4) is 5.75 Å². The molecule has 0 heterocycles. The number of carbonyl (C=O) groups is 1. The third kappa shape index (κ3) is 5.08. The summed E-state index contributed by atoms with van der Waals surface area (Å²) < 4.78 is 5.27. The van der Waals surface area contributed by atoms with E-state index in [0.717, 1.165) is 24.9 Å². The average Bonchev–Trinajstić information content (AvgIpc) is 2.36. The Labute approximate surface area is 109 Å². The Morgan fingerprint density at radius 2 is 2.22 bits per heavy atom. The van der Waals surface area contributed by atoms with Crippen LogP contribution in [0.4, 0.5) is 5.69 Å². The van der Waals surface area contributed by atoms with Crippen LogP contribution < -0.4 is 15.8 Å². The molecule has 1 amide bonds. The van der Waals surface area contributed by atoms with Crippen molar-refractivity contribution in [2.45, 2.75) is 39.2 Å². The maximum atomic E-state index is 10.6. The molecular formula is C14H22N2O2. The Morgan fingerprint density at radius 1 is 1.44 bits per heavy atom. The summed E-state index contributed by atoms with van der Waals surface area (Å²) in [5.74, 6) is 0.191. The lowest BCUT2D eigenvalue weighted by Gasteiger charge is -2.18. The van der Waals surface area contributed by atoms with Crippen LogP contribution in [0.25, 0.3) is 0 Å². The van der Waals surface area contributed by atoms with Crippen LogP contribution >= 0.6 is 0 Å². The second kappa shape index (κ2) is 7.58. The van der Waals surface area contributed by atoms with Crippen molar-refractivity contribution < 1.29 is 9.53 Å². The topological polar surface area (TPSA) is 64.3 Å². The summed E-state index contributed by atoms with van der Waals surface area (Å²) in [6, 6.07) is 8.07. The third-order valence-electron chi connectivity index (χ3n) is 2.72. The molecule has 0 aromatic heterocycles. The van der Waals surface area contributed by atoms with E-state index in [1.165, 1.54) is 0 Å². The number of nitrogens with one attached hydrogen (secondary N) is 1. The van der Waals surface area contributed by atoms with Gasteiger partial charge in [-0.15, -0.1) is 0 Å². The van der Waals surface area contributed by atoms with Gasteiger partial charge in [-0.25, -0.2) is 0 Å². The summed E-state index contributed by atoms with van der Waals surface area (Å²) in [5, 5.41) is 3.46. The van der Waals surface area contributed by atoms with Crippen molar-refractivity contribution in [2.24, 2.45) is 5.73 Å². The molecule has 4 heteroatoms. The van der Waals surface area contributed by atoms with Gasteiger partial charge in [-0.1, -0.05) is 26.3 Å². The highest BCUT2D eigenvalue weighted by molar-refractivity contribution is 5.75. The van der Waals surface area contributed by atoms with Gasteiger partial charge in [0.1, 0.15) is 5.75 Å². The molecule has 1 unspecified atom stereocenters. The first-order valence-electron chi connectivity index (χ1n) is 6.43. The normalized spacial score (nSPS) is 11.9. The largest absolute Gasteiger partial charge is 0.484 e. The minimum Gasteiger partial charge on any atom is -0.484 e. The molecule has 1 aromatic carbocycles. The van der Waals surface area contributed by atoms with Crippen molar-refractivity contribution in [3.05, 3.63) is 24.3 Å². The molecular weight excluding hydrogens is 228 g/mol. The quantitative estimate of drug-likeness (QED) is 0.745. The van der Waals surface area contributed by atoms with E-state index < -0.39 is 5.91 Å². The van der Waals surface area contributed by atoms with E-state index in [9.17, 15) is 4.79 Å². The van der Waals surface area contributed by atoms with Gasteiger partial charge < -0.3 is 15.8 Å². The Hall–Kier alpha value is -1.71. The number of anilines is 1. The van der Waals surface area contributed by atoms with Crippen LogP contribution in [0.1, 0.15) is 33.1 Å². The lowest BCUT2D eigenvalue weighted by atomic mass is 10.1. The number of hydrogen-bond acceptors (Lipinski definition) is 3. The summed E-state index contributed by atoms with van der Waals surface area (Å²) in [6.45, 7) is 4.26. The first kappa shape index (κ1) is 14.4. The van der Waals surface area contributed by atoms with E-state index >= 15 is 0 Å². The molecule has 4 nitrogen and oxygen atoms in total. The molecule has 100 valence electrons. The predicted octanol–water partition coefficient (Wildman–Crippen LogP) is 2.54. The molecule has 1 rings (SSSR count). The number of nitrogens with two attached hydrogens (primary N) is 1. The molecule has 0 radical (unpaired) electrons. The number of carbonyl (C=O) groups excluding carboxylic acids is 1. The van der Waals surface area contributed by atoms with Gasteiger partial charge in [-0.3, -0.25) is 4.79 Å². The fourth-order valence-corrected chi connectivity index (χ4v) is 1.79. The standard InChI is InChI=1S/C14H22N2O2/c1-3-6-11(4-2)16-12-7-5-8-13(9-12)18-10-14(15)17/h5,7-9,11,16H,3-4,6,10H2,1-2H3,(H2,15,17). The Kier molecular flexibility index (Phi) is 6.05. The minimum absolute atomic E-state index is 0.0877. The van der Waals surface area contributed by atoms with Gasteiger partial charge in [0.25, 0.3) is 5.91 Å². The summed E-state index contributed by atoms with van der Waals surface area (Å²) >= 11 is 0. The van der Waals surface area contributed by atoms with Crippen molar-refractivity contribution in [1.29, 1.82) is 0 Å². The SMILES string of the molecule is CCCC(CC)Nc1cccc(OCC(N)=O)c1. The van der Waals surface area contributed by atoms with Gasteiger partial charge in [0.15, 0.2) is 6.61 Å². The monoisotopic (exact) mass is 250 g/mol. The number of ether oxygens (including phenoxy) is 1. The Balaban J connectivity index is 2.60. The summed E-state index contributed by atoms with van der Waals surface area (Å²) in [6.07, 6.45) is 3.38. The fraction of sp³-hybridized carbons (Fsp3) is 0.500. The highest BCUT2D eigenvalue weighted by Gasteiger charge is 2.05. The number of hydrogen-bond donors (Lipinski definition) is 2. The van der Waals surface area contributed by atoms with Gasteiger partial charge in [0, 0.05) is 17.8 Å². The van der Waals surface area contributed by atoms with Crippen molar-refractivity contribution in [1.82, 2.24) is 0 Å². The maximum absolute atomic E-state index is 10.6. The summed E-state index contributed by atoms with van der Waals surface area (Å²) in [5.41, 5.74) is 6.05. The molecule has 0 aliphatic heterocycles. The minimum atomic E-state index is -0.467. The highest BCUT2D eigenvalue weighted by Crippen LogP contribution is 2.19. The number of primary amides is 1. The van der Waals surface area contributed by atoms with Gasteiger partial charge in [-0.05, 0) is 25.0 Å². The summed E-state index contributed by atoms with van der Waals surface area (Å²) in [4.78, 5) is 10.6. The van der Waals surface area contributed by atoms with Crippen molar-refractivity contribution in [3.63, 3.8) is 0 Å². The zero-order valence-electron chi connectivity index (χ0n) is 11.1. The zero-order chi connectivity index (χ0) is 13.4. The van der Waals surface area contributed by atoms with E-state index in [-0.39, 0.29) is 6.61 Å². The molecule has 0 bridgehead atoms. The van der Waals surface area contributed by atoms with E-state index in [4.69, 9.17) is 10.5 Å². The molecule has 0 saturated heterocycles. The van der Waals surface area contributed by atoms with Gasteiger partial charge in [-0.2, -0.15) is 0 Å². The number of amides is 1. The number of rotatable bonds is 8. The second-order valence-corrected chi connectivity index (χ2v) is 4.32. The number of benzene rings is 1. The van der Waals surface area contributed by atoms with Crippen LogP contribution in [0.15, 0.2) is 24.3 Å². The van der Waals surface area contributed by atoms with E-state index in [1.807, 2.05) is 24.3 Å². The maximum Gasteiger partial charge on any atom is 0.255 e. The van der Waals surface area contributed by atoms with Crippen molar-refractivity contribution >= 4 is 11.6 Å². The van der Waals surface area contributed by atoms with Crippen LogP contribution in [0.5, 0.6) is 5.75 Å². The zero-order valence-corrected chi connectivity index (χ0v) is 11.1. The average molecular weight is 250 g/mol. The lowest BCUT2D eigenvalue weighted by Crippen LogP contribution is -2.20. The van der Waals surface area contributed by atoms with Gasteiger partial charge in [0.05, 0.1) is 0 Å². The van der Waals surface area contributed by atoms with Crippen LogP contribution in [0.2, 0.25) is 0 Å². The first-order valence-corrected chi connectivity index (χ1v) is 6.43. The van der Waals surface area contributed by atoms with Crippen LogP contribution in [-0.4, -0.2) is 18.6 Å². The van der Waals surface area contributed by atoms with Crippen molar-refractivity contribution in [2.75, 3.05) is 11.9 Å². The predicted molar refractivity (Wildman–Crippen MR) is 73.7 cm³/mol. The molecule has 1 atom stereocenters. The summed E-state index contributed by atoms with van der Waals surface area (Å²) in [7, 11) is 0. The molecule has 0 aliphatic rings. The molecule has 0 saturated carbocycles. The van der Waals surface area contributed by atoms with E-state index in [0.29, 0.717) is 11.8 Å². The molecule has 18 heavy (non-hydrogen) atoms. The van der Waals surface area contributed by atoms with E-state index in [2.05, 4.69) is 19.2 Å². The third-order valence-corrected chi connectivity index (χ3v) is 2.72. The van der Waals surface area contributed by atoms with E-state index in [1.54, 1.807) is 0 Å². The molecule has 0 aliphatic carbocycles. The second-order valence-electron chi connectivity index (χ2n) is 4.32. The fourth-order valence-electron chi connectivity index (χ4n) is 1.79. The first-order chi connectivity index (χ1) is 8.65. The Bertz CT molecular complexity index is 380. The molecule has 0 spiro atoms. The van der Waals surface area contributed by atoms with Crippen LogP contribution in [-0.2, 0) is 4.79 Å². The molecule has 1 aromatic rings. The Morgan fingerprint density at radius 3 is 2.83 bits per heavy atom. The van der Waals surface area contributed by atoms with Gasteiger partial charge in [0.2, 0.25) is 0 Å². The van der Waals surface area contributed by atoms with Crippen LogP contribution in [0.3, 0.4) is 0 Å². The molecule has 3 N–H and O–H groups in total. The lowest BCUT2D eigenvalue weighted by molar-refractivity contribution is -0.119.